The Hall–Kier alpha value is -2.68. The van der Waals surface area contributed by atoms with E-state index in [0.29, 0.717) is 12.1 Å². The summed E-state index contributed by atoms with van der Waals surface area (Å²) in [5.41, 5.74) is 2.02. The van der Waals surface area contributed by atoms with Gasteiger partial charge in [0.05, 0.1) is 6.54 Å². The number of rotatable bonds is 5. The summed E-state index contributed by atoms with van der Waals surface area (Å²) in [6.45, 7) is 8.02. The molecule has 0 bridgehead atoms. The first-order valence-electron chi connectivity index (χ1n) is 8.42. The van der Waals surface area contributed by atoms with Gasteiger partial charge in [-0.3, -0.25) is 9.59 Å². The van der Waals surface area contributed by atoms with Crippen molar-refractivity contribution in [1.29, 1.82) is 0 Å². The molecule has 0 N–H and O–H groups in total. The van der Waals surface area contributed by atoms with Crippen molar-refractivity contribution in [3.63, 3.8) is 0 Å². The average Bonchev–Trinajstić information content (AvgIpc) is 2.58. The van der Waals surface area contributed by atoms with E-state index in [0.717, 1.165) is 11.3 Å². The van der Waals surface area contributed by atoms with Gasteiger partial charge in [0, 0.05) is 29.7 Å². The summed E-state index contributed by atoms with van der Waals surface area (Å²) in [6.07, 6.45) is 1.60. The van der Waals surface area contributed by atoms with Crippen LogP contribution in [-0.4, -0.2) is 16.6 Å². The van der Waals surface area contributed by atoms with Crippen LogP contribution in [-0.2, 0) is 11.3 Å². The SMILES string of the molecule is CC(=O)N(Cc1ccccc1)/C(=C\C(=O)c1ccccc1)C(C)(C)C. The van der Waals surface area contributed by atoms with Gasteiger partial charge >= 0.3 is 0 Å². The van der Waals surface area contributed by atoms with E-state index in [1.807, 2.05) is 69.3 Å². The molecule has 2 aromatic rings. The first-order valence-corrected chi connectivity index (χ1v) is 8.42. The second kappa shape index (κ2) is 7.93. The normalized spacial score (nSPS) is 11.9. The highest BCUT2D eigenvalue weighted by atomic mass is 16.2. The number of carbonyl (C=O) groups excluding carboxylic acids is 2. The summed E-state index contributed by atoms with van der Waals surface area (Å²) in [5.74, 6) is -0.171. The average molecular weight is 335 g/mol. The molecule has 3 heteroatoms. The molecule has 0 spiro atoms. The van der Waals surface area contributed by atoms with Gasteiger partial charge < -0.3 is 4.90 Å². The van der Waals surface area contributed by atoms with Crippen LogP contribution in [0.2, 0.25) is 0 Å². The molecule has 2 aromatic carbocycles. The first-order chi connectivity index (χ1) is 11.8. The molecular formula is C22H25NO2. The van der Waals surface area contributed by atoms with Crippen molar-refractivity contribution in [3.05, 3.63) is 83.6 Å². The maximum atomic E-state index is 12.7. The smallest absolute Gasteiger partial charge is 0.223 e. The van der Waals surface area contributed by atoms with Crippen LogP contribution < -0.4 is 0 Å². The van der Waals surface area contributed by atoms with E-state index in [-0.39, 0.29) is 17.1 Å². The van der Waals surface area contributed by atoms with Gasteiger partial charge in [-0.1, -0.05) is 81.4 Å². The molecule has 0 saturated carbocycles. The van der Waals surface area contributed by atoms with Crippen LogP contribution in [0.4, 0.5) is 0 Å². The predicted molar refractivity (Wildman–Crippen MR) is 101 cm³/mol. The Kier molecular flexibility index (Phi) is 5.92. The second-order valence-electron chi connectivity index (χ2n) is 7.10. The zero-order valence-electron chi connectivity index (χ0n) is 15.3. The lowest BCUT2D eigenvalue weighted by atomic mass is 9.89. The van der Waals surface area contributed by atoms with E-state index < -0.39 is 0 Å². The zero-order chi connectivity index (χ0) is 18.4. The molecular weight excluding hydrogens is 310 g/mol. The molecule has 130 valence electrons. The largest absolute Gasteiger partial charge is 0.311 e. The quantitative estimate of drug-likeness (QED) is 0.579. The summed E-state index contributed by atoms with van der Waals surface area (Å²) in [5, 5.41) is 0. The predicted octanol–water partition coefficient (Wildman–Crippen LogP) is 4.85. The van der Waals surface area contributed by atoms with Crippen LogP contribution in [0.25, 0.3) is 0 Å². The fourth-order valence-corrected chi connectivity index (χ4v) is 2.64. The molecule has 0 aliphatic carbocycles. The van der Waals surface area contributed by atoms with Gasteiger partial charge in [0.25, 0.3) is 0 Å². The van der Waals surface area contributed by atoms with Crippen molar-refractivity contribution in [3.8, 4) is 0 Å². The number of ketones is 1. The Labute approximate surface area is 150 Å². The number of allylic oxidation sites excluding steroid dienone is 2. The molecule has 2 rings (SSSR count). The molecule has 0 fully saturated rings. The van der Waals surface area contributed by atoms with E-state index >= 15 is 0 Å². The van der Waals surface area contributed by atoms with Crippen LogP contribution in [0.15, 0.2) is 72.4 Å². The van der Waals surface area contributed by atoms with Gasteiger partial charge in [0.1, 0.15) is 0 Å². The molecule has 0 unspecified atom stereocenters. The Bertz CT molecular complexity index is 756. The zero-order valence-corrected chi connectivity index (χ0v) is 15.3. The Morgan fingerprint density at radius 1 is 0.920 bits per heavy atom. The van der Waals surface area contributed by atoms with Crippen molar-refractivity contribution >= 4 is 11.7 Å². The van der Waals surface area contributed by atoms with Crippen molar-refractivity contribution in [2.45, 2.75) is 34.2 Å². The van der Waals surface area contributed by atoms with Gasteiger partial charge in [-0.2, -0.15) is 0 Å². The highest BCUT2D eigenvalue weighted by Gasteiger charge is 2.27. The minimum Gasteiger partial charge on any atom is -0.311 e. The lowest BCUT2D eigenvalue weighted by molar-refractivity contribution is -0.128. The fourth-order valence-electron chi connectivity index (χ4n) is 2.64. The lowest BCUT2D eigenvalue weighted by Gasteiger charge is -2.33. The van der Waals surface area contributed by atoms with Crippen molar-refractivity contribution in [1.82, 2.24) is 4.90 Å². The van der Waals surface area contributed by atoms with Crippen LogP contribution in [0.5, 0.6) is 0 Å². The summed E-state index contributed by atoms with van der Waals surface area (Å²) in [7, 11) is 0. The third-order valence-corrected chi connectivity index (χ3v) is 3.95. The van der Waals surface area contributed by atoms with Crippen molar-refractivity contribution in [2.24, 2.45) is 5.41 Å². The molecule has 0 aliphatic heterocycles. The van der Waals surface area contributed by atoms with Crippen LogP contribution in [0.1, 0.15) is 43.6 Å². The maximum absolute atomic E-state index is 12.7. The van der Waals surface area contributed by atoms with Crippen molar-refractivity contribution < 1.29 is 9.59 Å². The number of hydrogen-bond acceptors (Lipinski definition) is 2. The molecule has 0 atom stereocenters. The minimum atomic E-state index is -0.342. The van der Waals surface area contributed by atoms with Gasteiger partial charge in [0.15, 0.2) is 5.78 Å². The van der Waals surface area contributed by atoms with E-state index in [1.165, 1.54) is 6.92 Å². The molecule has 25 heavy (non-hydrogen) atoms. The van der Waals surface area contributed by atoms with Crippen LogP contribution in [0.3, 0.4) is 0 Å². The van der Waals surface area contributed by atoms with Gasteiger partial charge in [-0.15, -0.1) is 0 Å². The molecule has 0 aliphatic rings. The fraction of sp³-hybridized carbons (Fsp3) is 0.273. The number of hydrogen-bond donors (Lipinski definition) is 0. The monoisotopic (exact) mass is 335 g/mol. The molecule has 0 aromatic heterocycles. The topological polar surface area (TPSA) is 37.4 Å². The Balaban J connectivity index is 2.41. The van der Waals surface area contributed by atoms with Crippen LogP contribution in [0, 0.1) is 5.41 Å². The summed E-state index contributed by atoms with van der Waals surface area (Å²) < 4.78 is 0. The molecule has 0 radical (unpaired) electrons. The number of benzene rings is 2. The standard InChI is InChI=1S/C22H25NO2/c1-17(24)23(16-18-11-7-5-8-12-18)21(22(2,3)4)15-20(25)19-13-9-6-10-14-19/h5-15H,16H2,1-4H3/b21-15-. The van der Waals surface area contributed by atoms with Crippen LogP contribution >= 0.6 is 0 Å². The summed E-state index contributed by atoms with van der Waals surface area (Å²) in [4.78, 5) is 26.7. The minimum absolute atomic E-state index is 0.0779. The number of carbonyl (C=O) groups is 2. The Morgan fingerprint density at radius 3 is 1.92 bits per heavy atom. The Morgan fingerprint density at radius 2 is 1.44 bits per heavy atom. The summed E-state index contributed by atoms with van der Waals surface area (Å²) >= 11 is 0. The molecule has 0 heterocycles. The molecule has 3 nitrogen and oxygen atoms in total. The first kappa shape index (κ1) is 18.7. The molecule has 1 amide bonds. The third-order valence-electron chi connectivity index (χ3n) is 3.95. The van der Waals surface area contributed by atoms with Gasteiger partial charge in [-0.25, -0.2) is 0 Å². The maximum Gasteiger partial charge on any atom is 0.223 e. The molecule has 0 saturated heterocycles. The van der Waals surface area contributed by atoms with E-state index in [1.54, 1.807) is 23.1 Å². The van der Waals surface area contributed by atoms with Crippen molar-refractivity contribution in [2.75, 3.05) is 0 Å². The summed E-state index contributed by atoms with van der Waals surface area (Å²) in [6, 6.07) is 18.9. The van der Waals surface area contributed by atoms with Gasteiger partial charge in [0.2, 0.25) is 5.91 Å². The van der Waals surface area contributed by atoms with E-state index in [9.17, 15) is 9.59 Å². The van der Waals surface area contributed by atoms with E-state index in [2.05, 4.69) is 0 Å². The van der Waals surface area contributed by atoms with Gasteiger partial charge in [-0.05, 0) is 5.56 Å². The highest BCUT2D eigenvalue weighted by molar-refractivity contribution is 6.05. The number of amides is 1. The third kappa shape index (κ3) is 5.15. The lowest BCUT2D eigenvalue weighted by Crippen LogP contribution is -2.34. The highest BCUT2D eigenvalue weighted by Crippen LogP contribution is 2.30. The second-order valence-corrected chi connectivity index (χ2v) is 7.10. The van der Waals surface area contributed by atoms with E-state index in [4.69, 9.17) is 0 Å². The number of nitrogens with zero attached hydrogens (tertiary/aromatic N) is 1.